The molecule has 0 aromatic heterocycles. The van der Waals surface area contributed by atoms with Crippen LogP contribution in [-0.4, -0.2) is 30.2 Å². The number of hydrogen-bond donors (Lipinski definition) is 2. The first-order valence-electron chi connectivity index (χ1n) is 7.34. The van der Waals surface area contributed by atoms with Crippen molar-refractivity contribution in [3.8, 4) is 23.0 Å². The second kappa shape index (κ2) is 8.42. The summed E-state index contributed by atoms with van der Waals surface area (Å²) < 4.78 is 11.2. The minimum atomic E-state index is -0.392. The molecule has 0 spiro atoms. The van der Waals surface area contributed by atoms with Crippen LogP contribution in [0.5, 0.6) is 23.0 Å². The Labute approximate surface area is 167 Å². The molecule has 7 heteroatoms. The predicted octanol–water partition coefficient (Wildman–Crippen LogP) is 4.83. The van der Waals surface area contributed by atoms with Crippen LogP contribution in [0.25, 0.3) is 5.57 Å². The number of benzene rings is 2. The molecule has 0 saturated carbocycles. The summed E-state index contributed by atoms with van der Waals surface area (Å²) >= 11 is 6.53. The average Bonchev–Trinajstić information content (AvgIpc) is 2.64. The number of allylic oxidation sites excluding steroid dienone is 2. The van der Waals surface area contributed by atoms with Gasteiger partial charge in [0.05, 0.1) is 23.2 Å². The number of phenols is 2. The van der Waals surface area contributed by atoms with Crippen LogP contribution >= 0.6 is 31.9 Å². The van der Waals surface area contributed by atoms with E-state index in [1.807, 2.05) is 0 Å². The third-order valence-corrected chi connectivity index (χ3v) is 4.82. The Kier molecular flexibility index (Phi) is 6.50. The minimum Gasteiger partial charge on any atom is -0.506 e. The van der Waals surface area contributed by atoms with Crippen LogP contribution < -0.4 is 9.47 Å². The van der Waals surface area contributed by atoms with E-state index in [1.165, 1.54) is 20.3 Å². The molecular formula is C19H16Br2O5. The van der Waals surface area contributed by atoms with Crippen molar-refractivity contribution in [3.05, 3.63) is 63.1 Å². The van der Waals surface area contributed by atoms with Gasteiger partial charge in [-0.05, 0) is 68.3 Å². The molecule has 5 nitrogen and oxygen atoms in total. The fourth-order valence-corrected chi connectivity index (χ4v) is 3.17. The number of ether oxygens (including phenoxy) is 2. The Balaban J connectivity index is 2.86. The van der Waals surface area contributed by atoms with Gasteiger partial charge in [-0.25, -0.2) is 0 Å². The lowest BCUT2D eigenvalue weighted by Crippen LogP contribution is -1.97. The van der Waals surface area contributed by atoms with E-state index in [4.69, 9.17) is 9.47 Å². The van der Waals surface area contributed by atoms with Crippen molar-refractivity contribution in [1.29, 1.82) is 0 Å². The highest BCUT2D eigenvalue weighted by Gasteiger charge is 2.20. The Morgan fingerprint density at radius 3 is 1.73 bits per heavy atom. The summed E-state index contributed by atoms with van der Waals surface area (Å²) in [4.78, 5) is 12.0. The van der Waals surface area contributed by atoms with Gasteiger partial charge in [0.2, 0.25) is 0 Å². The third kappa shape index (κ3) is 4.11. The third-order valence-electron chi connectivity index (χ3n) is 3.61. The van der Waals surface area contributed by atoms with E-state index in [0.717, 1.165) is 6.08 Å². The topological polar surface area (TPSA) is 76.0 Å². The van der Waals surface area contributed by atoms with Gasteiger partial charge in [-0.3, -0.25) is 4.79 Å². The fraction of sp³-hybridized carbons (Fsp3) is 0.105. The van der Waals surface area contributed by atoms with Gasteiger partial charge < -0.3 is 19.7 Å². The van der Waals surface area contributed by atoms with Crippen molar-refractivity contribution >= 4 is 43.2 Å². The number of rotatable bonds is 6. The molecule has 0 fully saturated rings. The number of carbonyl (C=O) groups is 1. The number of ketones is 1. The van der Waals surface area contributed by atoms with Crippen LogP contribution in [0.1, 0.15) is 11.1 Å². The van der Waals surface area contributed by atoms with Crippen LogP contribution in [0.15, 0.2) is 51.9 Å². The lowest BCUT2D eigenvalue weighted by atomic mass is 9.94. The van der Waals surface area contributed by atoms with E-state index >= 15 is 0 Å². The number of carbonyl (C=O) groups excluding carboxylic acids is 1. The molecule has 0 saturated heterocycles. The SMILES string of the molecule is C=CC(=O)C=C(c1cc(OC)cc(Br)c1O)c1cc(OC)cc(Br)c1O. The number of hydrogen-bond acceptors (Lipinski definition) is 5. The molecule has 0 aliphatic heterocycles. The highest BCUT2D eigenvalue weighted by atomic mass is 79.9. The van der Waals surface area contributed by atoms with E-state index in [0.29, 0.717) is 31.6 Å². The lowest BCUT2D eigenvalue weighted by molar-refractivity contribution is -0.110. The van der Waals surface area contributed by atoms with Crippen molar-refractivity contribution < 1.29 is 24.5 Å². The summed E-state index contributed by atoms with van der Waals surface area (Å²) in [6.45, 7) is 3.46. The van der Waals surface area contributed by atoms with Gasteiger partial charge in [0.25, 0.3) is 0 Å². The molecule has 0 aliphatic carbocycles. The molecule has 2 aromatic carbocycles. The Morgan fingerprint density at radius 1 is 0.962 bits per heavy atom. The summed E-state index contributed by atoms with van der Waals surface area (Å²) in [5.41, 5.74) is 0.868. The molecule has 26 heavy (non-hydrogen) atoms. The first kappa shape index (κ1) is 20.1. The van der Waals surface area contributed by atoms with Crippen molar-refractivity contribution in [1.82, 2.24) is 0 Å². The minimum absolute atomic E-state index is 0.104. The molecule has 2 N–H and O–H groups in total. The average molecular weight is 484 g/mol. The van der Waals surface area contributed by atoms with Gasteiger partial charge >= 0.3 is 0 Å². The van der Waals surface area contributed by atoms with Crippen LogP contribution in [0.3, 0.4) is 0 Å². The maximum atomic E-state index is 12.0. The molecule has 0 aliphatic rings. The second-order valence-corrected chi connectivity index (χ2v) is 6.88. The number of halogens is 2. The Bertz CT molecular complexity index is 842. The monoisotopic (exact) mass is 482 g/mol. The smallest absolute Gasteiger partial charge is 0.178 e. The molecule has 0 atom stereocenters. The standard InChI is InChI=1S/C19H16Br2O5/c1-4-10(22)5-13(14-6-11(25-2)8-16(20)18(14)23)15-7-12(26-3)9-17(21)19(15)24/h4-9,23-24H,1H2,2-3H3. The van der Waals surface area contributed by atoms with Crippen LogP contribution in [0.4, 0.5) is 0 Å². The largest absolute Gasteiger partial charge is 0.506 e. The van der Waals surface area contributed by atoms with Crippen molar-refractivity contribution in [2.45, 2.75) is 0 Å². The normalized spacial score (nSPS) is 10.2. The first-order valence-corrected chi connectivity index (χ1v) is 8.92. The molecule has 0 radical (unpaired) electrons. The van der Waals surface area contributed by atoms with E-state index in [2.05, 4.69) is 38.4 Å². The molecule has 2 rings (SSSR count). The van der Waals surface area contributed by atoms with Crippen LogP contribution in [-0.2, 0) is 4.79 Å². The summed E-state index contributed by atoms with van der Waals surface area (Å²) in [6, 6.07) is 6.31. The number of aromatic hydroxyl groups is 2. The summed E-state index contributed by atoms with van der Waals surface area (Å²) in [7, 11) is 2.97. The number of methoxy groups -OCH3 is 2. The van der Waals surface area contributed by atoms with E-state index in [1.54, 1.807) is 24.3 Å². The quantitative estimate of drug-likeness (QED) is 0.575. The maximum absolute atomic E-state index is 12.0. The van der Waals surface area contributed by atoms with Crippen LogP contribution in [0, 0.1) is 0 Å². The summed E-state index contributed by atoms with van der Waals surface area (Å²) in [5.74, 6) is 0.322. The van der Waals surface area contributed by atoms with E-state index in [9.17, 15) is 15.0 Å². The van der Waals surface area contributed by atoms with Gasteiger partial charge in [-0.15, -0.1) is 0 Å². The molecular weight excluding hydrogens is 468 g/mol. The Hall–Kier alpha value is -2.25. The lowest BCUT2D eigenvalue weighted by Gasteiger charge is -2.16. The fourth-order valence-electron chi connectivity index (χ4n) is 2.30. The zero-order valence-corrected chi connectivity index (χ0v) is 17.2. The molecule has 0 bridgehead atoms. The first-order chi connectivity index (χ1) is 12.3. The van der Waals surface area contributed by atoms with Crippen molar-refractivity contribution in [2.75, 3.05) is 14.2 Å². The molecule has 0 heterocycles. The second-order valence-electron chi connectivity index (χ2n) is 5.18. The van der Waals surface area contributed by atoms with E-state index < -0.39 is 5.78 Å². The zero-order chi connectivity index (χ0) is 19.4. The maximum Gasteiger partial charge on any atom is 0.178 e. The highest BCUT2D eigenvalue weighted by molar-refractivity contribution is 9.10. The number of phenolic OH excluding ortho intramolecular Hbond substituents is 2. The highest BCUT2D eigenvalue weighted by Crippen LogP contribution is 2.44. The summed E-state index contributed by atoms with van der Waals surface area (Å²) in [5, 5.41) is 21.0. The van der Waals surface area contributed by atoms with Gasteiger partial charge in [-0.1, -0.05) is 6.58 Å². The van der Waals surface area contributed by atoms with Gasteiger partial charge in [0, 0.05) is 16.7 Å². The van der Waals surface area contributed by atoms with Gasteiger partial charge in [0.15, 0.2) is 5.78 Å². The van der Waals surface area contributed by atoms with Gasteiger partial charge in [0.1, 0.15) is 23.0 Å². The molecule has 0 amide bonds. The van der Waals surface area contributed by atoms with Crippen molar-refractivity contribution in [3.63, 3.8) is 0 Å². The van der Waals surface area contributed by atoms with Crippen LogP contribution in [0.2, 0.25) is 0 Å². The van der Waals surface area contributed by atoms with E-state index in [-0.39, 0.29) is 17.1 Å². The van der Waals surface area contributed by atoms with Crippen molar-refractivity contribution in [2.24, 2.45) is 0 Å². The summed E-state index contributed by atoms with van der Waals surface area (Å²) in [6.07, 6.45) is 2.41. The zero-order valence-electron chi connectivity index (χ0n) is 14.0. The molecule has 2 aromatic rings. The van der Waals surface area contributed by atoms with Gasteiger partial charge in [-0.2, -0.15) is 0 Å². The molecule has 136 valence electrons. The molecule has 0 unspecified atom stereocenters. The Morgan fingerprint density at radius 2 is 1.38 bits per heavy atom. The predicted molar refractivity (Wildman–Crippen MR) is 107 cm³/mol.